The third-order valence-corrected chi connectivity index (χ3v) is 4.43. The van der Waals surface area contributed by atoms with Crippen LogP contribution in [0.15, 0.2) is 15.0 Å². The Hall–Kier alpha value is 0.680. The normalized spacial score (nSPS) is 35.3. The van der Waals surface area contributed by atoms with E-state index in [0.29, 0.717) is 5.84 Å². The van der Waals surface area contributed by atoms with Crippen LogP contribution >= 0.6 is 7.60 Å². The van der Waals surface area contributed by atoms with Crippen molar-refractivity contribution in [1.29, 1.82) is 0 Å². The van der Waals surface area contributed by atoms with Gasteiger partial charge < -0.3 is 34.8 Å². The van der Waals surface area contributed by atoms with Crippen molar-refractivity contribution in [2.75, 3.05) is 6.16 Å². The van der Waals surface area contributed by atoms with E-state index < -0.39 is 44.4 Å². The van der Waals surface area contributed by atoms with E-state index in [0.717, 1.165) is 0 Å². The molecule has 0 aromatic rings. The summed E-state index contributed by atoms with van der Waals surface area (Å²) in [5.41, 5.74) is 5.73. The zero-order valence-electron chi connectivity index (χ0n) is 12.8. The van der Waals surface area contributed by atoms with Gasteiger partial charge in [-0.15, -0.1) is 0 Å². The first-order valence-electron chi connectivity index (χ1n) is 6.35. The molecule has 0 aromatic heterocycles. The number of hydrogen-bond acceptors (Lipinski definition) is 10. The molecular formula is C10H14N5Na2O5P. The monoisotopic (exact) mass is 361 g/mol. The minimum Gasteiger partial charge on any atom is -0.811 e. The van der Waals surface area contributed by atoms with Crippen LogP contribution in [0.1, 0.15) is 6.42 Å². The Morgan fingerprint density at radius 3 is 2.78 bits per heavy atom. The molecule has 0 spiro atoms. The van der Waals surface area contributed by atoms with Gasteiger partial charge in [0, 0.05) is 12.6 Å². The molecule has 0 amide bonds. The summed E-state index contributed by atoms with van der Waals surface area (Å²) in [5.74, 6) is 0.326. The zero-order chi connectivity index (χ0) is 15.2. The molecule has 0 saturated carbocycles. The van der Waals surface area contributed by atoms with E-state index in [2.05, 4.69) is 15.0 Å². The first-order chi connectivity index (χ1) is 9.85. The molecule has 13 heteroatoms. The molecular weight excluding hydrogens is 347 g/mol. The van der Waals surface area contributed by atoms with Gasteiger partial charge in [0.05, 0.1) is 18.5 Å². The van der Waals surface area contributed by atoms with Crippen LogP contribution < -0.4 is 74.6 Å². The standard InChI is InChI=1S/C10H16N5O5P.2Na/c11-9-8-10(13-3-12-9)15(4-14-8)7-1-5(16)6(20-7)2-21(17,18)19;;/h3-8,10,16H,1-2H2,(H2,11,12,13)(H2,17,18,19);;/q;2*+1/p-2. The molecule has 23 heavy (non-hydrogen) atoms. The molecule has 10 nitrogen and oxygen atoms in total. The second-order valence-corrected chi connectivity index (χ2v) is 6.70. The van der Waals surface area contributed by atoms with Crippen molar-refractivity contribution in [3.63, 3.8) is 0 Å². The van der Waals surface area contributed by atoms with E-state index in [1.807, 2.05) is 0 Å². The van der Waals surface area contributed by atoms with Gasteiger partial charge in [0.2, 0.25) is 0 Å². The van der Waals surface area contributed by atoms with E-state index >= 15 is 0 Å². The van der Waals surface area contributed by atoms with E-state index in [4.69, 9.17) is 10.5 Å². The quantitative estimate of drug-likeness (QED) is 0.373. The molecule has 0 bridgehead atoms. The van der Waals surface area contributed by atoms with Gasteiger partial charge in [-0.05, 0) is 0 Å². The summed E-state index contributed by atoms with van der Waals surface area (Å²) >= 11 is 0. The number of amidine groups is 1. The van der Waals surface area contributed by atoms with Crippen LogP contribution in [-0.2, 0) is 9.30 Å². The predicted octanol–water partition coefficient (Wildman–Crippen LogP) is -9.18. The summed E-state index contributed by atoms with van der Waals surface area (Å²) in [5, 5.41) is 9.85. The van der Waals surface area contributed by atoms with Crippen molar-refractivity contribution >= 4 is 26.1 Å². The summed E-state index contributed by atoms with van der Waals surface area (Å²) in [7, 11) is -4.76. The molecule has 3 rings (SSSR count). The van der Waals surface area contributed by atoms with Gasteiger partial charge in [-0.1, -0.05) is 7.60 Å². The maximum absolute atomic E-state index is 10.8. The number of nitrogens with two attached hydrogens (primary N) is 1. The Morgan fingerprint density at radius 2 is 2.13 bits per heavy atom. The Morgan fingerprint density at radius 1 is 1.43 bits per heavy atom. The predicted molar refractivity (Wildman–Crippen MR) is 69.8 cm³/mol. The molecule has 1 fully saturated rings. The number of nitrogens with zero attached hydrogens (tertiary/aromatic N) is 4. The van der Waals surface area contributed by atoms with Gasteiger partial charge in [-0.3, -0.25) is 4.99 Å². The average Bonchev–Trinajstić information content (AvgIpc) is 2.93. The maximum Gasteiger partial charge on any atom is 1.00 e. The molecule has 0 aliphatic carbocycles. The smallest absolute Gasteiger partial charge is 0.811 e. The average molecular weight is 361 g/mol. The summed E-state index contributed by atoms with van der Waals surface area (Å²) in [6.45, 7) is 0. The van der Waals surface area contributed by atoms with Crippen molar-refractivity contribution in [3.8, 4) is 0 Å². The molecule has 3 heterocycles. The zero-order valence-corrected chi connectivity index (χ0v) is 17.7. The third-order valence-electron chi connectivity index (χ3n) is 3.62. The van der Waals surface area contributed by atoms with Crippen molar-refractivity contribution in [1.82, 2.24) is 4.90 Å². The minimum atomic E-state index is -4.76. The number of hydrogen-bond donors (Lipinski definition) is 2. The molecule has 0 aromatic carbocycles. The van der Waals surface area contributed by atoms with Crippen molar-refractivity contribution in [2.45, 2.75) is 37.1 Å². The molecule has 3 aliphatic heterocycles. The molecule has 5 unspecified atom stereocenters. The van der Waals surface area contributed by atoms with Crippen LogP contribution in [-0.4, -0.2) is 65.3 Å². The maximum atomic E-state index is 10.8. The number of ether oxygens (including phenoxy) is 1. The van der Waals surface area contributed by atoms with Gasteiger partial charge >= 0.3 is 59.1 Å². The third kappa shape index (κ3) is 4.86. The van der Waals surface area contributed by atoms with Crippen LogP contribution in [0.5, 0.6) is 0 Å². The Bertz CT molecular complexity index is 570. The van der Waals surface area contributed by atoms with Gasteiger partial charge in [-0.2, -0.15) is 0 Å². The molecule has 1 saturated heterocycles. The van der Waals surface area contributed by atoms with E-state index in [1.54, 1.807) is 4.90 Å². The first kappa shape index (κ1) is 21.7. The van der Waals surface area contributed by atoms with Crippen LogP contribution in [0.2, 0.25) is 0 Å². The molecule has 116 valence electrons. The van der Waals surface area contributed by atoms with Crippen LogP contribution in [0.25, 0.3) is 0 Å². The Labute approximate surface area is 177 Å². The second kappa shape index (κ2) is 8.37. The van der Waals surface area contributed by atoms with Gasteiger partial charge in [0.25, 0.3) is 0 Å². The number of fused-ring (bicyclic) bond motifs is 1. The number of aliphatic hydroxyl groups excluding tert-OH is 1. The molecule has 5 atom stereocenters. The van der Waals surface area contributed by atoms with Gasteiger partial charge in [0.1, 0.15) is 24.4 Å². The van der Waals surface area contributed by atoms with E-state index in [1.165, 1.54) is 12.7 Å². The second-order valence-electron chi connectivity index (χ2n) is 5.11. The number of aliphatic imine (C=N–C) groups is 3. The molecule has 0 radical (unpaired) electrons. The molecule has 3 aliphatic rings. The fourth-order valence-electron chi connectivity index (χ4n) is 2.62. The van der Waals surface area contributed by atoms with Crippen molar-refractivity contribution in [3.05, 3.63) is 0 Å². The van der Waals surface area contributed by atoms with Crippen LogP contribution in [0, 0.1) is 0 Å². The summed E-state index contributed by atoms with van der Waals surface area (Å²) in [6.07, 6.45) is -0.871. The van der Waals surface area contributed by atoms with E-state index in [-0.39, 0.29) is 65.5 Å². The summed E-state index contributed by atoms with van der Waals surface area (Å²) in [4.78, 5) is 35.5. The fourth-order valence-corrected chi connectivity index (χ4v) is 3.39. The number of rotatable bonds is 3. The van der Waals surface area contributed by atoms with Crippen LogP contribution in [0.4, 0.5) is 0 Å². The van der Waals surface area contributed by atoms with Gasteiger partial charge in [-0.25, -0.2) is 9.98 Å². The van der Waals surface area contributed by atoms with Crippen molar-refractivity contribution in [2.24, 2.45) is 20.7 Å². The molecule has 3 N–H and O–H groups in total. The van der Waals surface area contributed by atoms with E-state index in [9.17, 15) is 19.5 Å². The fraction of sp³-hybridized carbons (Fsp3) is 0.700. The van der Waals surface area contributed by atoms with Crippen LogP contribution in [0.3, 0.4) is 0 Å². The summed E-state index contributed by atoms with van der Waals surface area (Å²) in [6, 6.07) is -0.417. The topological polar surface area (TPSA) is 159 Å². The minimum absolute atomic E-state index is 0. The largest absolute Gasteiger partial charge is 1.00 e. The Kier molecular flexibility index (Phi) is 7.91. The summed E-state index contributed by atoms with van der Waals surface area (Å²) < 4.78 is 16.3. The van der Waals surface area contributed by atoms with Crippen molar-refractivity contribution < 1.29 is 83.3 Å². The first-order valence-corrected chi connectivity index (χ1v) is 8.08. The SMILES string of the molecule is NC1=NC=NC2C1N=CN2C1CC(O)C(CP(=O)([O-])[O-])O1.[Na+].[Na+]. The number of aliphatic hydroxyl groups is 1. The Balaban J connectivity index is 0.00000132. The van der Waals surface area contributed by atoms with Gasteiger partial charge in [0.15, 0.2) is 6.17 Å².